The fourth-order valence-corrected chi connectivity index (χ4v) is 5.99. The number of piperazine rings is 1. The minimum atomic E-state index is -0.0110. The van der Waals surface area contributed by atoms with E-state index in [1.807, 2.05) is 4.90 Å². The molecule has 5 heteroatoms. The van der Waals surface area contributed by atoms with Crippen molar-refractivity contribution < 1.29 is 14.3 Å². The molecule has 2 aliphatic carbocycles. The van der Waals surface area contributed by atoms with Gasteiger partial charge < -0.3 is 9.64 Å². The Morgan fingerprint density at radius 2 is 2.04 bits per heavy atom. The molecule has 2 saturated carbocycles. The molecule has 0 bridgehead atoms. The van der Waals surface area contributed by atoms with Crippen LogP contribution in [-0.2, 0) is 14.3 Å². The summed E-state index contributed by atoms with van der Waals surface area (Å²) in [6.07, 6.45) is 5.75. The first kappa shape index (κ1) is 18.0. The summed E-state index contributed by atoms with van der Waals surface area (Å²) in [6.45, 7) is 12.4. The van der Waals surface area contributed by atoms with Crippen molar-refractivity contribution in [1.29, 1.82) is 0 Å². The number of fused-ring (bicyclic) bond motifs is 2. The smallest absolute Gasteiger partial charge is 0.310 e. The van der Waals surface area contributed by atoms with Crippen LogP contribution in [0.15, 0.2) is 12.2 Å². The Balaban J connectivity index is 1.43. The third kappa shape index (κ3) is 3.08. The van der Waals surface area contributed by atoms with Gasteiger partial charge in [-0.3, -0.25) is 14.5 Å². The van der Waals surface area contributed by atoms with E-state index >= 15 is 0 Å². The van der Waals surface area contributed by atoms with Crippen molar-refractivity contribution in [3.05, 3.63) is 12.2 Å². The van der Waals surface area contributed by atoms with Crippen LogP contribution in [0.4, 0.5) is 0 Å². The van der Waals surface area contributed by atoms with E-state index < -0.39 is 0 Å². The van der Waals surface area contributed by atoms with Gasteiger partial charge in [-0.15, -0.1) is 0 Å². The zero-order valence-electron chi connectivity index (χ0n) is 16.2. The van der Waals surface area contributed by atoms with Gasteiger partial charge in [-0.1, -0.05) is 19.1 Å². The van der Waals surface area contributed by atoms with Crippen LogP contribution in [0.25, 0.3) is 0 Å². The first-order valence-corrected chi connectivity index (χ1v) is 10.2. The van der Waals surface area contributed by atoms with Gasteiger partial charge in [-0.25, -0.2) is 0 Å². The highest BCUT2D eigenvalue weighted by Crippen LogP contribution is 2.56. The number of rotatable bonds is 2. The second-order valence-electron chi connectivity index (χ2n) is 9.21. The van der Waals surface area contributed by atoms with E-state index in [1.165, 1.54) is 18.4 Å². The average Bonchev–Trinajstić information content (AvgIpc) is 2.88. The highest BCUT2D eigenvalue weighted by molar-refractivity contribution is 5.76. The predicted octanol–water partition coefficient (Wildman–Crippen LogP) is 2.46. The fraction of sp³-hybridized carbons (Fsp3) is 0.810. The molecule has 26 heavy (non-hydrogen) atoms. The molecule has 0 aromatic carbocycles. The Bertz CT molecular complexity index is 610. The van der Waals surface area contributed by atoms with Crippen LogP contribution in [0.2, 0.25) is 0 Å². The zero-order valence-corrected chi connectivity index (χ0v) is 16.2. The normalized spacial score (nSPS) is 40.8. The molecule has 0 aromatic rings. The van der Waals surface area contributed by atoms with Gasteiger partial charge in [0.25, 0.3) is 0 Å². The lowest BCUT2D eigenvalue weighted by Gasteiger charge is -2.50. The number of carbonyl (C=O) groups is 2. The summed E-state index contributed by atoms with van der Waals surface area (Å²) < 4.78 is 5.87. The van der Waals surface area contributed by atoms with Crippen molar-refractivity contribution in [2.75, 3.05) is 32.7 Å². The number of carbonyl (C=O) groups excluding carboxylic acids is 2. The summed E-state index contributed by atoms with van der Waals surface area (Å²) in [5.74, 6) is 1.02. The van der Waals surface area contributed by atoms with Crippen molar-refractivity contribution in [3.63, 3.8) is 0 Å². The van der Waals surface area contributed by atoms with Crippen molar-refractivity contribution in [2.45, 2.75) is 52.1 Å². The number of hydrogen-bond acceptors (Lipinski definition) is 4. The second kappa shape index (κ2) is 6.66. The lowest BCUT2D eigenvalue weighted by molar-refractivity contribution is -0.146. The van der Waals surface area contributed by atoms with E-state index in [1.54, 1.807) is 6.92 Å². The minimum Gasteiger partial charge on any atom is -0.462 e. The fourth-order valence-electron chi connectivity index (χ4n) is 5.99. The molecule has 4 aliphatic rings. The topological polar surface area (TPSA) is 49.9 Å². The first-order chi connectivity index (χ1) is 12.4. The lowest BCUT2D eigenvalue weighted by Crippen LogP contribution is -2.51. The lowest BCUT2D eigenvalue weighted by atomic mass is 9.55. The van der Waals surface area contributed by atoms with Crippen LogP contribution in [0.5, 0.6) is 0 Å². The number of allylic oxidation sites excluding steroid dienone is 1. The van der Waals surface area contributed by atoms with Crippen LogP contribution in [0, 0.1) is 23.2 Å². The van der Waals surface area contributed by atoms with Crippen molar-refractivity contribution in [2.24, 2.45) is 23.2 Å². The number of amides is 1. The monoisotopic (exact) mass is 360 g/mol. The molecule has 0 unspecified atom stereocenters. The van der Waals surface area contributed by atoms with Crippen LogP contribution in [0.1, 0.15) is 46.0 Å². The molecular formula is C21H32N2O3. The van der Waals surface area contributed by atoms with Crippen molar-refractivity contribution in [3.8, 4) is 0 Å². The molecule has 4 fully saturated rings. The second-order valence-corrected chi connectivity index (χ2v) is 9.21. The number of nitrogens with zero attached hydrogens (tertiary/aromatic N) is 2. The van der Waals surface area contributed by atoms with E-state index in [0.29, 0.717) is 11.8 Å². The maximum atomic E-state index is 12.6. The van der Waals surface area contributed by atoms with Crippen LogP contribution >= 0.6 is 0 Å². The Hall–Kier alpha value is -1.36. The molecule has 5 nitrogen and oxygen atoms in total. The predicted molar refractivity (Wildman–Crippen MR) is 99.4 cm³/mol. The van der Waals surface area contributed by atoms with Gasteiger partial charge >= 0.3 is 5.97 Å². The molecule has 1 amide bonds. The molecule has 0 radical (unpaired) electrons. The summed E-state index contributed by atoms with van der Waals surface area (Å²) in [4.78, 5) is 28.4. The average molecular weight is 360 g/mol. The Morgan fingerprint density at radius 1 is 1.31 bits per heavy atom. The van der Waals surface area contributed by atoms with Crippen molar-refractivity contribution >= 4 is 11.9 Å². The molecule has 2 aliphatic heterocycles. The summed E-state index contributed by atoms with van der Waals surface area (Å²) in [7, 11) is 0. The van der Waals surface area contributed by atoms with Gasteiger partial charge in [-0.2, -0.15) is 0 Å². The molecular weight excluding hydrogens is 328 g/mol. The highest BCUT2D eigenvalue weighted by atomic mass is 16.6. The molecule has 0 aromatic heterocycles. The summed E-state index contributed by atoms with van der Waals surface area (Å²) in [6, 6.07) is 0. The third-order valence-corrected chi connectivity index (χ3v) is 7.59. The standard InChI is InChI=1S/C21H32N2O3/c1-14-5-4-6-21(3)12-19-16(11-18(14)21)17(20(25)26-19)13-22-7-9-23(10-8-22)15(2)24/h16-19H,1,4-13H2,2-3H3/t16-,17-,18+,19-,21-/m1/s1. The molecule has 0 N–H and O–H groups in total. The Morgan fingerprint density at radius 3 is 2.73 bits per heavy atom. The van der Waals surface area contributed by atoms with E-state index in [9.17, 15) is 9.59 Å². The molecule has 4 rings (SSSR count). The molecule has 2 heterocycles. The van der Waals surface area contributed by atoms with Crippen LogP contribution < -0.4 is 0 Å². The van der Waals surface area contributed by atoms with E-state index in [2.05, 4.69) is 18.4 Å². The maximum absolute atomic E-state index is 12.6. The molecule has 144 valence electrons. The largest absolute Gasteiger partial charge is 0.462 e. The third-order valence-electron chi connectivity index (χ3n) is 7.59. The van der Waals surface area contributed by atoms with Gasteiger partial charge in [0.1, 0.15) is 6.10 Å². The molecule has 0 spiro atoms. The van der Waals surface area contributed by atoms with Gasteiger partial charge in [0.2, 0.25) is 5.91 Å². The number of esters is 1. The number of ether oxygens (including phenoxy) is 1. The Labute approximate surface area is 156 Å². The van der Waals surface area contributed by atoms with Gasteiger partial charge in [0, 0.05) is 45.6 Å². The molecule has 2 saturated heterocycles. The van der Waals surface area contributed by atoms with Crippen LogP contribution in [-0.4, -0.2) is 60.5 Å². The quantitative estimate of drug-likeness (QED) is 0.561. The number of hydrogen-bond donors (Lipinski definition) is 0. The van der Waals surface area contributed by atoms with Gasteiger partial charge in [0.05, 0.1) is 5.92 Å². The Kier molecular flexibility index (Phi) is 4.62. The maximum Gasteiger partial charge on any atom is 0.310 e. The van der Waals surface area contributed by atoms with Crippen molar-refractivity contribution in [1.82, 2.24) is 9.80 Å². The summed E-state index contributed by atoms with van der Waals surface area (Å²) >= 11 is 0. The highest BCUT2D eigenvalue weighted by Gasteiger charge is 2.55. The summed E-state index contributed by atoms with van der Waals surface area (Å²) in [5, 5.41) is 0. The van der Waals surface area contributed by atoms with Gasteiger partial charge in [0.15, 0.2) is 0 Å². The van der Waals surface area contributed by atoms with Gasteiger partial charge in [-0.05, 0) is 43.4 Å². The summed E-state index contributed by atoms with van der Waals surface area (Å²) in [5.41, 5.74) is 1.66. The minimum absolute atomic E-state index is 0.00172. The van der Waals surface area contributed by atoms with E-state index in [0.717, 1.165) is 52.0 Å². The molecule has 5 atom stereocenters. The van der Waals surface area contributed by atoms with E-state index in [-0.39, 0.29) is 29.3 Å². The SMILES string of the molecule is C=C1CCC[C@]2(C)C[C@H]3OC(=O)[C@H](CN4CCN(C(C)=O)CC4)[C@H]3C[C@@H]12. The van der Waals surface area contributed by atoms with Crippen LogP contribution in [0.3, 0.4) is 0 Å². The first-order valence-electron chi connectivity index (χ1n) is 10.2. The van der Waals surface area contributed by atoms with E-state index in [4.69, 9.17) is 4.74 Å². The zero-order chi connectivity index (χ0) is 18.5.